The molecular weight excluding hydrogens is 401 g/mol. The standard InChI is InChI=1S/C24H22FNO3S/c1-14-8-17-10-18(13-26-23(28)12-19-4-3-7-30-19)29-24(17)21(9-14)20-11-16(15(2)27)5-6-22(20)25/h3-9,11,18H,10,12-13H2,1-2H3,(H,26,28)/t18-/m0/s1. The Labute approximate surface area is 178 Å². The van der Waals surface area contributed by atoms with Crippen LogP contribution >= 0.6 is 11.3 Å². The van der Waals surface area contributed by atoms with Crippen molar-refractivity contribution in [1.82, 2.24) is 5.32 Å². The zero-order valence-electron chi connectivity index (χ0n) is 16.8. The molecule has 1 atom stereocenters. The first-order chi connectivity index (χ1) is 14.4. The van der Waals surface area contributed by atoms with Gasteiger partial charge in [0.1, 0.15) is 17.7 Å². The third kappa shape index (κ3) is 4.28. The van der Waals surface area contributed by atoms with Crippen molar-refractivity contribution in [2.24, 2.45) is 0 Å². The molecule has 0 bridgehead atoms. The third-order valence-electron chi connectivity index (χ3n) is 5.15. The van der Waals surface area contributed by atoms with Gasteiger partial charge in [-0.15, -0.1) is 11.3 Å². The largest absolute Gasteiger partial charge is 0.487 e. The molecule has 0 saturated carbocycles. The highest BCUT2D eigenvalue weighted by Crippen LogP contribution is 2.41. The molecule has 2 aromatic carbocycles. The maximum Gasteiger partial charge on any atom is 0.225 e. The highest BCUT2D eigenvalue weighted by atomic mass is 32.1. The molecule has 6 heteroatoms. The number of rotatable bonds is 6. The Morgan fingerprint density at radius 3 is 2.77 bits per heavy atom. The van der Waals surface area contributed by atoms with Crippen LogP contribution < -0.4 is 10.1 Å². The maximum atomic E-state index is 14.6. The number of hydrogen-bond donors (Lipinski definition) is 1. The van der Waals surface area contributed by atoms with Crippen LogP contribution in [0.5, 0.6) is 5.75 Å². The first-order valence-corrected chi connectivity index (χ1v) is 10.7. The zero-order chi connectivity index (χ0) is 21.3. The second-order valence-electron chi connectivity index (χ2n) is 7.56. The molecule has 1 amide bonds. The van der Waals surface area contributed by atoms with Gasteiger partial charge in [0.25, 0.3) is 0 Å². The lowest BCUT2D eigenvalue weighted by atomic mass is 9.95. The van der Waals surface area contributed by atoms with Crippen LogP contribution in [-0.2, 0) is 17.6 Å². The van der Waals surface area contributed by atoms with Gasteiger partial charge in [-0.3, -0.25) is 9.59 Å². The van der Waals surface area contributed by atoms with Crippen molar-refractivity contribution in [3.63, 3.8) is 0 Å². The van der Waals surface area contributed by atoms with Crippen LogP contribution in [0.4, 0.5) is 4.39 Å². The van der Waals surface area contributed by atoms with Gasteiger partial charge in [0.15, 0.2) is 5.78 Å². The number of benzene rings is 2. The highest BCUT2D eigenvalue weighted by Gasteiger charge is 2.28. The first-order valence-electron chi connectivity index (χ1n) is 9.81. The van der Waals surface area contributed by atoms with Gasteiger partial charge in [-0.1, -0.05) is 12.1 Å². The van der Waals surface area contributed by atoms with Crippen molar-refractivity contribution >= 4 is 23.0 Å². The average Bonchev–Trinajstić information content (AvgIpc) is 3.35. The lowest BCUT2D eigenvalue weighted by Gasteiger charge is -2.15. The van der Waals surface area contributed by atoms with Crippen LogP contribution in [-0.4, -0.2) is 24.3 Å². The molecule has 1 aromatic heterocycles. The van der Waals surface area contributed by atoms with E-state index in [0.29, 0.717) is 41.8 Å². The van der Waals surface area contributed by atoms with E-state index in [-0.39, 0.29) is 17.8 Å². The minimum Gasteiger partial charge on any atom is -0.487 e. The van der Waals surface area contributed by atoms with Crippen LogP contribution in [0.3, 0.4) is 0 Å². The Balaban J connectivity index is 1.53. The monoisotopic (exact) mass is 423 g/mol. The molecule has 0 unspecified atom stereocenters. The Morgan fingerprint density at radius 2 is 2.03 bits per heavy atom. The van der Waals surface area contributed by atoms with E-state index in [1.54, 1.807) is 17.4 Å². The Morgan fingerprint density at radius 1 is 1.20 bits per heavy atom. The van der Waals surface area contributed by atoms with Gasteiger partial charge in [0, 0.05) is 28.0 Å². The molecule has 0 fully saturated rings. The third-order valence-corrected chi connectivity index (χ3v) is 6.02. The number of halogens is 1. The van der Waals surface area contributed by atoms with Gasteiger partial charge in [-0.05, 0) is 60.7 Å². The Bertz CT molecular complexity index is 1110. The number of Topliss-reactive ketones (excluding diaryl/α,β-unsaturated/α-hetero) is 1. The number of amides is 1. The molecule has 4 nitrogen and oxygen atoms in total. The average molecular weight is 424 g/mol. The van der Waals surface area contributed by atoms with Crippen LogP contribution in [0.1, 0.15) is 33.3 Å². The fourth-order valence-electron chi connectivity index (χ4n) is 3.72. The molecule has 1 aliphatic heterocycles. The first kappa shape index (κ1) is 20.3. The summed E-state index contributed by atoms with van der Waals surface area (Å²) in [5.74, 6) is 0.0585. The predicted octanol–water partition coefficient (Wildman–Crippen LogP) is 4.73. The number of thiophene rings is 1. The number of aryl methyl sites for hydroxylation is 1. The van der Waals surface area contributed by atoms with E-state index < -0.39 is 5.82 Å². The Hall–Kier alpha value is -2.99. The number of hydrogen-bond acceptors (Lipinski definition) is 4. The molecule has 0 aliphatic carbocycles. The van der Waals surface area contributed by atoms with Crippen molar-refractivity contribution < 1.29 is 18.7 Å². The molecule has 3 aromatic rings. The van der Waals surface area contributed by atoms with Gasteiger partial charge in [-0.25, -0.2) is 4.39 Å². The van der Waals surface area contributed by atoms with Gasteiger partial charge in [0.05, 0.1) is 13.0 Å². The fourth-order valence-corrected chi connectivity index (χ4v) is 4.42. The van der Waals surface area contributed by atoms with E-state index in [4.69, 9.17) is 4.74 Å². The van der Waals surface area contributed by atoms with Gasteiger partial charge in [-0.2, -0.15) is 0 Å². The summed E-state index contributed by atoms with van der Waals surface area (Å²) in [5, 5.41) is 4.88. The van der Waals surface area contributed by atoms with Crippen molar-refractivity contribution in [2.75, 3.05) is 6.54 Å². The van der Waals surface area contributed by atoms with E-state index in [1.165, 1.54) is 19.1 Å². The summed E-state index contributed by atoms with van der Waals surface area (Å²) in [6.07, 6.45) is 0.772. The molecule has 1 aliphatic rings. The van der Waals surface area contributed by atoms with E-state index >= 15 is 0 Å². The highest BCUT2D eigenvalue weighted by molar-refractivity contribution is 7.10. The summed E-state index contributed by atoms with van der Waals surface area (Å²) in [6.45, 7) is 3.79. The number of nitrogens with one attached hydrogen (secondary N) is 1. The lowest BCUT2D eigenvalue weighted by molar-refractivity contribution is -0.120. The SMILES string of the molecule is CC(=O)c1ccc(F)c(-c2cc(C)cc3c2O[C@H](CNC(=O)Cc2cccs2)C3)c1. The molecular formula is C24H22FNO3S. The topological polar surface area (TPSA) is 55.4 Å². The van der Waals surface area contributed by atoms with E-state index in [9.17, 15) is 14.0 Å². The number of ether oxygens (including phenoxy) is 1. The minimum atomic E-state index is -0.399. The van der Waals surface area contributed by atoms with Crippen LogP contribution in [0.25, 0.3) is 11.1 Å². The number of carbonyl (C=O) groups excluding carboxylic acids is 2. The normalized spacial score (nSPS) is 14.8. The molecule has 0 spiro atoms. The summed E-state index contributed by atoms with van der Waals surface area (Å²) >= 11 is 1.55. The summed E-state index contributed by atoms with van der Waals surface area (Å²) in [4.78, 5) is 25.0. The van der Waals surface area contributed by atoms with Crippen molar-refractivity contribution in [1.29, 1.82) is 0 Å². The van der Waals surface area contributed by atoms with E-state index in [1.807, 2.05) is 36.6 Å². The van der Waals surface area contributed by atoms with Crippen LogP contribution in [0.2, 0.25) is 0 Å². The van der Waals surface area contributed by atoms with Crippen molar-refractivity contribution in [3.05, 3.63) is 75.2 Å². The summed E-state index contributed by atoms with van der Waals surface area (Å²) in [6, 6.07) is 12.1. The van der Waals surface area contributed by atoms with E-state index in [0.717, 1.165) is 16.0 Å². The molecule has 0 radical (unpaired) electrons. The van der Waals surface area contributed by atoms with Gasteiger partial charge in [0.2, 0.25) is 5.91 Å². The second-order valence-corrected chi connectivity index (χ2v) is 8.59. The molecule has 30 heavy (non-hydrogen) atoms. The van der Waals surface area contributed by atoms with Gasteiger partial charge >= 0.3 is 0 Å². The smallest absolute Gasteiger partial charge is 0.225 e. The van der Waals surface area contributed by atoms with Crippen LogP contribution in [0, 0.1) is 12.7 Å². The summed E-state index contributed by atoms with van der Waals surface area (Å²) in [7, 11) is 0. The van der Waals surface area contributed by atoms with Crippen molar-refractivity contribution in [3.8, 4) is 16.9 Å². The zero-order valence-corrected chi connectivity index (χ0v) is 17.6. The molecule has 1 N–H and O–H groups in total. The maximum absolute atomic E-state index is 14.6. The molecule has 2 heterocycles. The van der Waals surface area contributed by atoms with Crippen LogP contribution in [0.15, 0.2) is 47.8 Å². The molecule has 0 saturated heterocycles. The lowest BCUT2D eigenvalue weighted by Crippen LogP contribution is -2.35. The second kappa shape index (κ2) is 8.40. The number of fused-ring (bicyclic) bond motifs is 1. The molecule has 4 rings (SSSR count). The quantitative estimate of drug-likeness (QED) is 0.584. The predicted molar refractivity (Wildman–Crippen MR) is 116 cm³/mol. The Kier molecular flexibility index (Phi) is 5.68. The van der Waals surface area contributed by atoms with E-state index in [2.05, 4.69) is 5.32 Å². The number of ketones is 1. The van der Waals surface area contributed by atoms with Gasteiger partial charge < -0.3 is 10.1 Å². The number of carbonyl (C=O) groups is 2. The summed E-state index contributed by atoms with van der Waals surface area (Å²) < 4.78 is 20.8. The van der Waals surface area contributed by atoms with Crippen molar-refractivity contribution in [2.45, 2.75) is 32.8 Å². The minimum absolute atomic E-state index is 0.0476. The fraction of sp³-hybridized carbons (Fsp3) is 0.250. The molecule has 154 valence electrons. The summed E-state index contributed by atoms with van der Waals surface area (Å²) in [5.41, 5.74) is 3.41.